The minimum atomic E-state index is -0.471. The van der Waals surface area contributed by atoms with E-state index in [9.17, 15) is 14.4 Å². The lowest BCUT2D eigenvalue weighted by Crippen LogP contribution is -2.18. The van der Waals surface area contributed by atoms with Crippen molar-refractivity contribution in [1.82, 2.24) is 15.2 Å². The topological polar surface area (TPSA) is 117 Å². The van der Waals surface area contributed by atoms with Gasteiger partial charge in [-0.05, 0) is 37.1 Å². The molecule has 0 aliphatic heterocycles. The highest BCUT2D eigenvalue weighted by Crippen LogP contribution is 2.28. The van der Waals surface area contributed by atoms with Crippen LogP contribution < -0.4 is 16.2 Å². The lowest BCUT2D eigenvalue weighted by molar-refractivity contribution is -0.114. The van der Waals surface area contributed by atoms with E-state index in [0.717, 1.165) is 22.9 Å². The zero-order valence-corrected chi connectivity index (χ0v) is 18.6. The SMILES string of the molecule is CC(=O)Nc1c(C)cccc1-c1nnc(SCC(=O)Nc2cccc(Cl)c2C)[nH]c1=O. The first-order valence-electron chi connectivity index (χ1n) is 9.28. The Balaban J connectivity index is 1.74. The van der Waals surface area contributed by atoms with Gasteiger partial charge in [0.05, 0.1) is 11.4 Å². The van der Waals surface area contributed by atoms with Gasteiger partial charge in [0.15, 0.2) is 10.9 Å². The molecule has 31 heavy (non-hydrogen) atoms. The third-order valence-electron chi connectivity index (χ3n) is 4.39. The van der Waals surface area contributed by atoms with E-state index < -0.39 is 5.56 Å². The number of carbonyl (C=O) groups is 2. The second-order valence-corrected chi connectivity index (χ2v) is 8.11. The van der Waals surface area contributed by atoms with Gasteiger partial charge in [-0.2, -0.15) is 0 Å². The standard InChI is InChI=1S/C21H20ClN5O3S/c1-11-6-4-7-14(18(11)23-13(3)28)19-20(30)25-21(27-26-19)31-10-17(29)24-16-9-5-8-15(22)12(16)2/h4-9H,10H2,1-3H3,(H,23,28)(H,24,29)(H,25,27,30). The molecular weight excluding hydrogens is 438 g/mol. The Kier molecular flexibility index (Phi) is 7.09. The monoisotopic (exact) mass is 457 g/mol. The molecule has 0 radical (unpaired) electrons. The quantitative estimate of drug-likeness (QED) is 0.485. The smallest absolute Gasteiger partial charge is 0.278 e. The third-order valence-corrected chi connectivity index (χ3v) is 5.66. The van der Waals surface area contributed by atoms with E-state index in [4.69, 9.17) is 11.6 Å². The number of anilines is 2. The highest BCUT2D eigenvalue weighted by atomic mass is 35.5. The fraction of sp³-hybridized carbons (Fsp3) is 0.190. The summed E-state index contributed by atoms with van der Waals surface area (Å²) >= 11 is 7.11. The molecule has 1 heterocycles. The molecule has 0 atom stereocenters. The van der Waals surface area contributed by atoms with Crippen LogP contribution in [0.3, 0.4) is 0 Å². The van der Waals surface area contributed by atoms with E-state index in [-0.39, 0.29) is 28.4 Å². The number of hydrogen-bond donors (Lipinski definition) is 3. The van der Waals surface area contributed by atoms with E-state index in [0.29, 0.717) is 22.0 Å². The van der Waals surface area contributed by atoms with Crippen LogP contribution in [-0.2, 0) is 9.59 Å². The summed E-state index contributed by atoms with van der Waals surface area (Å²) in [5.41, 5.74) is 2.77. The molecule has 160 valence electrons. The Morgan fingerprint density at radius 2 is 1.84 bits per heavy atom. The molecule has 8 nitrogen and oxygen atoms in total. The molecule has 0 aliphatic carbocycles. The first-order chi connectivity index (χ1) is 14.8. The van der Waals surface area contributed by atoms with Crippen molar-refractivity contribution in [1.29, 1.82) is 0 Å². The lowest BCUT2D eigenvalue weighted by atomic mass is 10.1. The number of H-pyrrole nitrogens is 1. The van der Waals surface area contributed by atoms with Crippen LogP contribution in [0.2, 0.25) is 5.02 Å². The lowest BCUT2D eigenvalue weighted by Gasteiger charge is -2.12. The van der Waals surface area contributed by atoms with Gasteiger partial charge in [0.1, 0.15) is 0 Å². The Morgan fingerprint density at radius 3 is 2.55 bits per heavy atom. The van der Waals surface area contributed by atoms with Crippen LogP contribution >= 0.6 is 23.4 Å². The highest BCUT2D eigenvalue weighted by molar-refractivity contribution is 7.99. The molecule has 3 aromatic rings. The summed E-state index contributed by atoms with van der Waals surface area (Å²) in [5.74, 6) is -0.501. The molecule has 2 aromatic carbocycles. The van der Waals surface area contributed by atoms with Crippen molar-refractivity contribution < 1.29 is 9.59 Å². The first-order valence-corrected chi connectivity index (χ1v) is 10.6. The summed E-state index contributed by atoms with van der Waals surface area (Å²) in [4.78, 5) is 39.0. The van der Waals surface area contributed by atoms with Gasteiger partial charge in [0, 0.05) is 23.2 Å². The number of benzene rings is 2. The maximum atomic E-state index is 12.6. The number of aryl methyl sites for hydroxylation is 1. The summed E-state index contributed by atoms with van der Waals surface area (Å²) in [5, 5.41) is 14.3. The van der Waals surface area contributed by atoms with E-state index in [2.05, 4.69) is 25.8 Å². The number of aromatic amines is 1. The van der Waals surface area contributed by atoms with Gasteiger partial charge in [-0.1, -0.05) is 47.6 Å². The van der Waals surface area contributed by atoms with Gasteiger partial charge in [-0.15, -0.1) is 10.2 Å². The summed E-state index contributed by atoms with van der Waals surface area (Å²) in [6, 6.07) is 10.5. The molecule has 0 unspecified atom stereocenters. The average Bonchev–Trinajstić information content (AvgIpc) is 2.71. The predicted octanol–water partition coefficient (Wildman–Crippen LogP) is 3.79. The van der Waals surface area contributed by atoms with Crippen molar-refractivity contribution >= 4 is 46.6 Å². The third kappa shape index (κ3) is 5.50. The van der Waals surface area contributed by atoms with E-state index in [1.807, 2.05) is 19.9 Å². The Bertz CT molecular complexity index is 1210. The minimum Gasteiger partial charge on any atom is -0.325 e. The number of rotatable bonds is 6. The van der Waals surface area contributed by atoms with Crippen LogP contribution in [0.15, 0.2) is 46.3 Å². The maximum Gasteiger partial charge on any atom is 0.278 e. The number of halogens is 1. The normalized spacial score (nSPS) is 10.6. The number of aromatic nitrogens is 3. The number of para-hydroxylation sites is 1. The first kappa shape index (κ1) is 22.5. The van der Waals surface area contributed by atoms with E-state index in [1.54, 1.807) is 30.3 Å². The fourth-order valence-electron chi connectivity index (χ4n) is 2.83. The zero-order chi connectivity index (χ0) is 22.5. The van der Waals surface area contributed by atoms with Crippen molar-refractivity contribution in [3.63, 3.8) is 0 Å². The molecule has 1 aromatic heterocycles. The largest absolute Gasteiger partial charge is 0.325 e. The number of carbonyl (C=O) groups excluding carboxylic acids is 2. The number of nitrogens with one attached hydrogen (secondary N) is 3. The number of hydrogen-bond acceptors (Lipinski definition) is 6. The number of thioether (sulfide) groups is 1. The van der Waals surface area contributed by atoms with Gasteiger partial charge in [0.2, 0.25) is 11.8 Å². The van der Waals surface area contributed by atoms with Crippen LogP contribution in [-0.4, -0.2) is 32.7 Å². The average molecular weight is 458 g/mol. The molecule has 0 spiro atoms. The molecule has 0 saturated carbocycles. The summed E-state index contributed by atoms with van der Waals surface area (Å²) in [6.07, 6.45) is 0. The second-order valence-electron chi connectivity index (χ2n) is 6.74. The van der Waals surface area contributed by atoms with Gasteiger partial charge >= 0.3 is 0 Å². The van der Waals surface area contributed by atoms with Crippen LogP contribution in [0.1, 0.15) is 18.1 Å². The van der Waals surface area contributed by atoms with Gasteiger partial charge in [-0.25, -0.2) is 0 Å². The summed E-state index contributed by atoms with van der Waals surface area (Å²) < 4.78 is 0. The predicted molar refractivity (Wildman–Crippen MR) is 123 cm³/mol. The summed E-state index contributed by atoms with van der Waals surface area (Å²) in [6.45, 7) is 5.02. The maximum absolute atomic E-state index is 12.6. The van der Waals surface area contributed by atoms with E-state index in [1.165, 1.54) is 6.92 Å². The molecular formula is C21H20ClN5O3S. The van der Waals surface area contributed by atoms with Crippen LogP contribution in [0, 0.1) is 13.8 Å². The second kappa shape index (κ2) is 9.76. The van der Waals surface area contributed by atoms with Crippen molar-refractivity contribution in [2.24, 2.45) is 0 Å². The van der Waals surface area contributed by atoms with Crippen LogP contribution in [0.25, 0.3) is 11.3 Å². The zero-order valence-electron chi connectivity index (χ0n) is 17.1. The highest BCUT2D eigenvalue weighted by Gasteiger charge is 2.15. The van der Waals surface area contributed by atoms with Crippen LogP contribution in [0.4, 0.5) is 11.4 Å². The molecule has 3 N–H and O–H groups in total. The Morgan fingerprint density at radius 1 is 1.10 bits per heavy atom. The van der Waals surface area contributed by atoms with Gasteiger partial charge in [-0.3, -0.25) is 19.4 Å². The summed E-state index contributed by atoms with van der Waals surface area (Å²) in [7, 11) is 0. The van der Waals surface area contributed by atoms with Crippen molar-refractivity contribution in [2.45, 2.75) is 25.9 Å². The van der Waals surface area contributed by atoms with E-state index >= 15 is 0 Å². The molecule has 10 heteroatoms. The molecule has 0 fully saturated rings. The minimum absolute atomic E-state index is 0.0253. The van der Waals surface area contributed by atoms with Crippen molar-refractivity contribution in [3.8, 4) is 11.3 Å². The van der Waals surface area contributed by atoms with Gasteiger partial charge < -0.3 is 10.6 Å². The molecule has 0 bridgehead atoms. The van der Waals surface area contributed by atoms with Crippen LogP contribution in [0.5, 0.6) is 0 Å². The fourth-order valence-corrected chi connectivity index (χ4v) is 3.61. The number of nitrogens with zero attached hydrogens (tertiary/aromatic N) is 2. The van der Waals surface area contributed by atoms with Crippen molar-refractivity contribution in [3.05, 3.63) is 62.9 Å². The molecule has 3 rings (SSSR count). The molecule has 0 aliphatic rings. The van der Waals surface area contributed by atoms with Gasteiger partial charge in [0.25, 0.3) is 5.56 Å². The Labute approximate surface area is 187 Å². The molecule has 2 amide bonds. The number of amides is 2. The molecule has 0 saturated heterocycles. The Hall–Kier alpha value is -3.17. The van der Waals surface area contributed by atoms with Crippen molar-refractivity contribution in [2.75, 3.05) is 16.4 Å².